The molecule has 2 aromatic heterocycles. The molecule has 0 saturated heterocycles. The van der Waals surface area contributed by atoms with Crippen LogP contribution in [0.4, 0.5) is 0 Å². The number of fused-ring (bicyclic) bond motifs is 2. The third kappa shape index (κ3) is 2.84. The number of benzene rings is 2. The Hall–Kier alpha value is -3.67. The second-order valence-electron chi connectivity index (χ2n) is 7.66. The van der Waals surface area contributed by atoms with E-state index < -0.39 is 5.54 Å². The third-order valence-electron chi connectivity index (χ3n) is 5.77. The molecule has 1 amide bonds. The number of nitrogens with zero attached hydrogens (tertiary/aromatic N) is 3. The molecule has 1 N–H and O–H groups in total. The van der Waals surface area contributed by atoms with E-state index in [1.807, 2.05) is 67.1 Å². The minimum atomic E-state index is -0.794. The number of aromatic nitrogens is 3. The molecule has 6 nitrogen and oxygen atoms in total. The first-order valence-corrected chi connectivity index (χ1v) is 9.98. The molecule has 0 bridgehead atoms. The molecule has 1 aliphatic heterocycles. The number of amides is 1. The number of ether oxygens (including phenoxy) is 1. The number of carbonyl (C=O) groups excluding carboxylic acids is 1. The lowest BCUT2D eigenvalue weighted by atomic mass is 9.81. The van der Waals surface area contributed by atoms with Crippen LogP contribution in [0.25, 0.3) is 11.0 Å². The van der Waals surface area contributed by atoms with E-state index >= 15 is 0 Å². The quantitative estimate of drug-likeness (QED) is 0.571. The normalized spacial score (nSPS) is 17.9. The number of nitrogens with one attached hydrogen (secondary N) is 1. The molecule has 30 heavy (non-hydrogen) atoms. The Morgan fingerprint density at radius 1 is 1.10 bits per heavy atom. The SMILES string of the molecule is Cc1ccc([C@@]2(NC(=O)c3nc4ccccc4n3C)CCOc3cccnc32)cc1. The number of pyridine rings is 1. The first kappa shape index (κ1) is 18.4. The van der Waals surface area contributed by atoms with Gasteiger partial charge in [0.1, 0.15) is 17.0 Å². The smallest absolute Gasteiger partial charge is 0.288 e. The Balaban J connectivity index is 1.64. The van der Waals surface area contributed by atoms with Crippen molar-refractivity contribution >= 4 is 16.9 Å². The summed E-state index contributed by atoms with van der Waals surface area (Å²) in [6.45, 7) is 2.53. The standard InChI is InChI=1S/C24H22N4O2/c1-16-9-11-17(12-10-16)24(13-15-30-20-8-5-14-25-21(20)24)27-23(29)22-26-18-6-3-4-7-19(18)28(22)2/h3-12,14H,13,15H2,1-2H3,(H,27,29)/t24-/m0/s1. The van der Waals surface area contributed by atoms with E-state index in [0.29, 0.717) is 30.3 Å². The fraction of sp³-hybridized carbons (Fsp3) is 0.208. The summed E-state index contributed by atoms with van der Waals surface area (Å²) in [6, 6.07) is 19.7. The van der Waals surface area contributed by atoms with E-state index in [1.54, 1.807) is 6.20 Å². The first-order valence-electron chi connectivity index (χ1n) is 9.98. The van der Waals surface area contributed by atoms with Crippen molar-refractivity contribution in [1.29, 1.82) is 0 Å². The van der Waals surface area contributed by atoms with Crippen LogP contribution < -0.4 is 10.1 Å². The highest BCUT2D eigenvalue weighted by molar-refractivity contribution is 5.95. The van der Waals surface area contributed by atoms with Gasteiger partial charge in [0, 0.05) is 19.7 Å². The molecule has 6 heteroatoms. The zero-order valence-corrected chi connectivity index (χ0v) is 16.9. The monoisotopic (exact) mass is 398 g/mol. The maximum atomic E-state index is 13.5. The third-order valence-corrected chi connectivity index (χ3v) is 5.77. The van der Waals surface area contributed by atoms with Gasteiger partial charge in [-0.25, -0.2) is 4.98 Å². The van der Waals surface area contributed by atoms with Crippen molar-refractivity contribution in [2.45, 2.75) is 18.9 Å². The van der Waals surface area contributed by atoms with E-state index in [0.717, 1.165) is 22.2 Å². The molecule has 0 fully saturated rings. The minimum absolute atomic E-state index is 0.243. The van der Waals surface area contributed by atoms with Crippen LogP contribution >= 0.6 is 0 Å². The summed E-state index contributed by atoms with van der Waals surface area (Å²) in [5, 5.41) is 3.28. The minimum Gasteiger partial charge on any atom is -0.491 e. The highest BCUT2D eigenvalue weighted by Gasteiger charge is 2.43. The zero-order chi connectivity index (χ0) is 20.7. The van der Waals surface area contributed by atoms with Crippen LogP contribution in [-0.2, 0) is 12.6 Å². The summed E-state index contributed by atoms with van der Waals surface area (Å²) in [4.78, 5) is 22.7. The van der Waals surface area contributed by atoms with Gasteiger partial charge >= 0.3 is 0 Å². The maximum Gasteiger partial charge on any atom is 0.288 e. The second-order valence-corrected chi connectivity index (χ2v) is 7.66. The highest BCUT2D eigenvalue weighted by Crippen LogP contribution is 2.40. The van der Waals surface area contributed by atoms with E-state index in [-0.39, 0.29) is 5.91 Å². The van der Waals surface area contributed by atoms with Gasteiger partial charge in [0.25, 0.3) is 5.91 Å². The van der Waals surface area contributed by atoms with Gasteiger partial charge in [-0.05, 0) is 36.8 Å². The summed E-state index contributed by atoms with van der Waals surface area (Å²) in [5.41, 5.74) is 3.76. The predicted molar refractivity (Wildman–Crippen MR) is 114 cm³/mol. The van der Waals surface area contributed by atoms with Crippen molar-refractivity contribution in [3.8, 4) is 5.75 Å². The number of carbonyl (C=O) groups is 1. The van der Waals surface area contributed by atoms with E-state index in [9.17, 15) is 4.79 Å². The van der Waals surface area contributed by atoms with Crippen molar-refractivity contribution in [3.63, 3.8) is 0 Å². The van der Waals surface area contributed by atoms with Crippen molar-refractivity contribution in [2.75, 3.05) is 6.61 Å². The molecule has 0 spiro atoms. The molecule has 5 rings (SSSR count). The van der Waals surface area contributed by atoms with Crippen LogP contribution in [0, 0.1) is 6.92 Å². The van der Waals surface area contributed by atoms with Crippen molar-refractivity contribution in [1.82, 2.24) is 19.9 Å². The molecule has 3 heterocycles. The Labute approximate surface area is 174 Å². The molecular weight excluding hydrogens is 376 g/mol. The largest absolute Gasteiger partial charge is 0.491 e. The lowest BCUT2D eigenvalue weighted by Gasteiger charge is -2.38. The molecule has 1 atom stereocenters. The fourth-order valence-corrected chi connectivity index (χ4v) is 4.17. The molecule has 4 aromatic rings. The fourth-order valence-electron chi connectivity index (χ4n) is 4.17. The van der Waals surface area contributed by atoms with Gasteiger partial charge in [0.05, 0.1) is 17.6 Å². The van der Waals surface area contributed by atoms with Crippen LogP contribution in [0.5, 0.6) is 5.75 Å². The second kappa shape index (κ2) is 6.99. The number of hydrogen-bond acceptors (Lipinski definition) is 4. The molecule has 1 aliphatic rings. The molecule has 150 valence electrons. The van der Waals surface area contributed by atoms with Crippen molar-refractivity contribution < 1.29 is 9.53 Å². The Bertz CT molecular complexity index is 1250. The summed E-state index contributed by atoms with van der Waals surface area (Å²) >= 11 is 0. The molecule has 0 aliphatic carbocycles. The Morgan fingerprint density at radius 3 is 2.70 bits per heavy atom. The number of imidazole rings is 1. The van der Waals surface area contributed by atoms with Crippen molar-refractivity contribution in [3.05, 3.63) is 89.5 Å². The number of aryl methyl sites for hydroxylation is 2. The molecule has 0 saturated carbocycles. The van der Waals surface area contributed by atoms with E-state index in [1.165, 1.54) is 0 Å². The molecule has 0 radical (unpaired) electrons. The molecule has 2 aromatic carbocycles. The summed E-state index contributed by atoms with van der Waals surface area (Å²) in [6.07, 6.45) is 2.31. The zero-order valence-electron chi connectivity index (χ0n) is 16.9. The van der Waals surface area contributed by atoms with Crippen LogP contribution in [0.15, 0.2) is 66.9 Å². The van der Waals surface area contributed by atoms with Crippen molar-refractivity contribution in [2.24, 2.45) is 7.05 Å². The van der Waals surface area contributed by atoms with Gasteiger partial charge in [-0.3, -0.25) is 9.78 Å². The lowest BCUT2D eigenvalue weighted by molar-refractivity contribution is 0.0870. The number of rotatable bonds is 3. The van der Waals surface area contributed by atoms with Gasteiger partial charge in [0.2, 0.25) is 0 Å². The predicted octanol–water partition coefficient (Wildman–Crippen LogP) is 3.73. The van der Waals surface area contributed by atoms with Gasteiger partial charge in [0.15, 0.2) is 5.82 Å². The topological polar surface area (TPSA) is 69.0 Å². The average molecular weight is 398 g/mol. The summed E-state index contributed by atoms with van der Waals surface area (Å²) in [5.74, 6) is 0.814. The Morgan fingerprint density at radius 2 is 1.90 bits per heavy atom. The van der Waals surface area contributed by atoms with Crippen LogP contribution in [0.3, 0.4) is 0 Å². The van der Waals surface area contributed by atoms with Gasteiger partial charge in [-0.15, -0.1) is 0 Å². The van der Waals surface area contributed by atoms with Gasteiger partial charge in [-0.2, -0.15) is 0 Å². The number of hydrogen-bond donors (Lipinski definition) is 1. The van der Waals surface area contributed by atoms with Crippen LogP contribution in [0.1, 0.15) is 33.9 Å². The number of para-hydroxylation sites is 2. The van der Waals surface area contributed by atoms with E-state index in [2.05, 4.69) is 27.4 Å². The maximum absolute atomic E-state index is 13.5. The highest BCUT2D eigenvalue weighted by atomic mass is 16.5. The van der Waals surface area contributed by atoms with Crippen LogP contribution in [0.2, 0.25) is 0 Å². The summed E-state index contributed by atoms with van der Waals surface area (Å²) < 4.78 is 7.67. The molecular formula is C24H22N4O2. The first-order chi connectivity index (χ1) is 14.6. The summed E-state index contributed by atoms with van der Waals surface area (Å²) in [7, 11) is 1.86. The van der Waals surface area contributed by atoms with Crippen LogP contribution in [-0.4, -0.2) is 27.0 Å². The van der Waals surface area contributed by atoms with Gasteiger partial charge < -0.3 is 14.6 Å². The van der Waals surface area contributed by atoms with E-state index in [4.69, 9.17) is 4.74 Å². The molecule has 0 unspecified atom stereocenters. The van der Waals surface area contributed by atoms with Gasteiger partial charge in [-0.1, -0.05) is 42.0 Å². The lowest BCUT2D eigenvalue weighted by Crippen LogP contribution is -2.50. The average Bonchev–Trinajstić information content (AvgIpc) is 3.11. The Kier molecular flexibility index (Phi) is 4.28.